The second-order valence-electron chi connectivity index (χ2n) is 5.77. The molecule has 6 heteroatoms. The van der Waals surface area contributed by atoms with Crippen LogP contribution in [0, 0.1) is 0 Å². The van der Waals surface area contributed by atoms with Crippen molar-refractivity contribution in [2.45, 2.75) is 18.9 Å². The monoisotopic (exact) mass is 325 g/mol. The summed E-state index contributed by atoms with van der Waals surface area (Å²) in [5, 5.41) is 14.3. The Hall–Kier alpha value is -2.73. The maximum atomic E-state index is 12.0. The molecule has 0 atom stereocenters. The predicted octanol–water partition coefficient (Wildman–Crippen LogP) is 1.36. The van der Waals surface area contributed by atoms with Crippen molar-refractivity contribution in [3.63, 3.8) is 0 Å². The Morgan fingerprint density at radius 2 is 1.79 bits per heavy atom. The van der Waals surface area contributed by atoms with E-state index in [1.165, 1.54) is 6.20 Å². The van der Waals surface area contributed by atoms with Crippen LogP contribution in [0.15, 0.2) is 42.7 Å². The van der Waals surface area contributed by atoms with Gasteiger partial charge in [-0.1, -0.05) is 12.1 Å². The van der Waals surface area contributed by atoms with Gasteiger partial charge in [0.25, 0.3) is 11.8 Å². The Labute approximate surface area is 139 Å². The zero-order valence-electron chi connectivity index (χ0n) is 13.2. The highest BCUT2D eigenvalue weighted by atomic mass is 16.3. The van der Waals surface area contributed by atoms with Crippen LogP contribution >= 0.6 is 0 Å². The molecule has 2 aromatic rings. The molecule has 0 spiro atoms. The Kier molecular flexibility index (Phi) is 4.86. The largest absolute Gasteiger partial charge is 0.395 e. The standard InChI is InChI=1S/C18H19N3O3/c22-8-7-20-17(23)15-9-14(10-19-11-15)12-1-3-13(4-2-12)18(24)21-16-5-6-16/h1-4,9-11,16,22H,5-8H2,(H,20,23)(H,21,24). The summed E-state index contributed by atoms with van der Waals surface area (Å²) >= 11 is 0. The van der Waals surface area contributed by atoms with Gasteiger partial charge < -0.3 is 15.7 Å². The molecule has 1 aliphatic carbocycles. The molecule has 1 fully saturated rings. The lowest BCUT2D eigenvalue weighted by Gasteiger charge is -2.07. The van der Waals surface area contributed by atoms with Gasteiger partial charge in [0.2, 0.25) is 0 Å². The first-order valence-corrected chi connectivity index (χ1v) is 7.93. The normalized spacial score (nSPS) is 13.4. The summed E-state index contributed by atoms with van der Waals surface area (Å²) in [6.07, 6.45) is 5.26. The van der Waals surface area contributed by atoms with Crippen molar-refractivity contribution in [1.82, 2.24) is 15.6 Å². The summed E-state index contributed by atoms with van der Waals surface area (Å²) in [7, 11) is 0. The lowest BCUT2D eigenvalue weighted by atomic mass is 10.0. The summed E-state index contributed by atoms with van der Waals surface area (Å²) in [4.78, 5) is 28.0. The highest BCUT2D eigenvalue weighted by molar-refractivity contribution is 5.96. The molecule has 3 rings (SSSR count). The van der Waals surface area contributed by atoms with Gasteiger partial charge in [0.1, 0.15) is 0 Å². The first-order valence-electron chi connectivity index (χ1n) is 7.93. The minimum absolute atomic E-state index is 0.0562. The number of nitrogens with one attached hydrogen (secondary N) is 2. The average molecular weight is 325 g/mol. The van der Waals surface area contributed by atoms with Crippen LogP contribution in [0.25, 0.3) is 11.1 Å². The second kappa shape index (κ2) is 7.23. The molecule has 124 valence electrons. The van der Waals surface area contributed by atoms with Crippen LogP contribution in [-0.4, -0.2) is 41.1 Å². The first-order chi connectivity index (χ1) is 11.7. The topological polar surface area (TPSA) is 91.3 Å². The van der Waals surface area contributed by atoms with Crippen LogP contribution in [0.1, 0.15) is 33.6 Å². The van der Waals surface area contributed by atoms with E-state index in [4.69, 9.17) is 5.11 Å². The third kappa shape index (κ3) is 3.97. The summed E-state index contributed by atoms with van der Waals surface area (Å²) in [5.41, 5.74) is 2.72. The van der Waals surface area contributed by atoms with Gasteiger partial charge >= 0.3 is 0 Å². The minimum atomic E-state index is -0.279. The molecule has 0 radical (unpaired) electrons. The zero-order chi connectivity index (χ0) is 16.9. The average Bonchev–Trinajstić information content (AvgIpc) is 3.44. The number of amides is 2. The molecule has 1 aliphatic rings. The van der Waals surface area contributed by atoms with Crippen LogP contribution in [-0.2, 0) is 0 Å². The van der Waals surface area contributed by atoms with Gasteiger partial charge in [-0.2, -0.15) is 0 Å². The van der Waals surface area contributed by atoms with E-state index in [-0.39, 0.29) is 25.0 Å². The summed E-state index contributed by atoms with van der Waals surface area (Å²) in [5.74, 6) is -0.335. The molecule has 0 unspecified atom stereocenters. The van der Waals surface area contributed by atoms with E-state index in [9.17, 15) is 9.59 Å². The Bertz CT molecular complexity index is 739. The molecule has 1 aromatic carbocycles. The molecule has 1 aromatic heterocycles. The van der Waals surface area contributed by atoms with Gasteiger partial charge in [0.15, 0.2) is 0 Å². The van der Waals surface area contributed by atoms with Gasteiger partial charge in [-0.05, 0) is 36.6 Å². The van der Waals surface area contributed by atoms with Gasteiger partial charge in [-0.25, -0.2) is 0 Å². The van der Waals surface area contributed by atoms with Crippen molar-refractivity contribution in [1.29, 1.82) is 0 Å². The fraction of sp³-hybridized carbons (Fsp3) is 0.278. The third-order valence-corrected chi connectivity index (χ3v) is 3.79. The molecule has 0 bridgehead atoms. The molecule has 1 saturated carbocycles. The van der Waals surface area contributed by atoms with E-state index in [0.717, 1.165) is 24.0 Å². The molecule has 1 heterocycles. The Balaban J connectivity index is 1.73. The van der Waals surface area contributed by atoms with E-state index >= 15 is 0 Å². The number of nitrogens with zero attached hydrogens (tertiary/aromatic N) is 1. The predicted molar refractivity (Wildman–Crippen MR) is 89.6 cm³/mol. The first kappa shape index (κ1) is 16.1. The summed E-state index contributed by atoms with van der Waals surface area (Å²) < 4.78 is 0. The lowest BCUT2D eigenvalue weighted by Crippen LogP contribution is -2.26. The number of carbonyl (C=O) groups is 2. The van der Waals surface area contributed by atoms with E-state index in [2.05, 4.69) is 15.6 Å². The number of hydrogen-bond donors (Lipinski definition) is 3. The molecular formula is C18H19N3O3. The third-order valence-electron chi connectivity index (χ3n) is 3.79. The fourth-order valence-electron chi connectivity index (χ4n) is 2.30. The highest BCUT2D eigenvalue weighted by Gasteiger charge is 2.23. The molecule has 0 saturated heterocycles. The van der Waals surface area contributed by atoms with Gasteiger partial charge in [0, 0.05) is 36.1 Å². The number of pyridine rings is 1. The number of hydrogen-bond acceptors (Lipinski definition) is 4. The number of aromatic nitrogens is 1. The molecule has 24 heavy (non-hydrogen) atoms. The maximum Gasteiger partial charge on any atom is 0.252 e. The smallest absolute Gasteiger partial charge is 0.252 e. The van der Waals surface area contributed by atoms with Crippen LogP contribution in [0.5, 0.6) is 0 Å². The SMILES string of the molecule is O=C(NCCO)c1cncc(-c2ccc(C(=O)NC3CC3)cc2)c1. The lowest BCUT2D eigenvalue weighted by molar-refractivity contribution is 0.0939. The number of aliphatic hydroxyl groups is 1. The summed E-state index contributed by atoms with van der Waals surface area (Å²) in [6, 6.07) is 9.29. The molecule has 3 N–H and O–H groups in total. The molecular weight excluding hydrogens is 306 g/mol. The number of aliphatic hydroxyl groups excluding tert-OH is 1. The number of carbonyl (C=O) groups excluding carboxylic acids is 2. The number of rotatable bonds is 6. The van der Waals surface area contributed by atoms with Crippen molar-refractivity contribution in [3.05, 3.63) is 53.9 Å². The number of benzene rings is 1. The minimum Gasteiger partial charge on any atom is -0.395 e. The van der Waals surface area contributed by atoms with Gasteiger partial charge in [0.05, 0.1) is 12.2 Å². The highest BCUT2D eigenvalue weighted by Crippen LogP contribution is 2.22. The molecule has 0 aliphatic heterocycles. The van der Waals surface area contributed by atoms with Gasteiger partial charge in [-0.3, -0.25) is 14.6 Å². The Morgan fingerprint density at radius 3 is 2.46 bits per heavy atom. The van der Waals surface area contributed by atoms with Gasteiger partial charge in [-0.15, -0.1) is 0 Å². The van der Waals surface area contributed by atoms with E-state index in [0.29, 0.717) is 17.2 Å². The van der Waals surface area contributed by atoms with Crippen LogP contribution in [0.2, 0.25) is 0 Å². The maximum absolute atomic E-state index is 12.0. The second-order valence-corrected chi connectivity index (χ2v) is 5.77. The van der Waals surface area contributed by atoms with Crippen molar-refractivity contribution in [2.75, 3.05) is 13.2 Å². The van der Waals surface area contributed by atoms with Crippen LogP contribution in [0.4, 0.5) is 0 Å². The quantitative estimate of drug-likeness (QED) is 0.748. The molecule has 2 amide bonds. The van der Waals surface area contributed by atoms with E-state index in [1.807, 2.05) is 12.1 Å². The van der Waals surface area contributed by atoms with E-state index < -0.39 is 0 Å². The van der Waals surface area contributed by atoms with E-state index in [1.54, 1.807) is 24.4 Å². The zero-order valence-corrected chi connectivity index (χ0v) is 13.2. The van der Waals surface area contributed by atoms with Crippen molar-refractivity contribution in [3.8, 4) is 11.1 Å². The summed E-state index contributed by atoms with van der Waals surface area (Å²) in [6.45, 7) is 0.0944. The van der Waals surface area contributed by atoms with Crippen molar-refractivity contribution in [2.24, 2.45) is 0 Å². The van der Waals surface area contributed by atoms with Crippen LogP contribution < -0.4 is 10.6 Å². The fourth-order valence-corrected chi connectivity index (χ4v) is 2.30. The molecule has 6 nitrogen and oxygen atoms in total. The van der Waals surface area contributed by atoms with Crippen molar-refractivity contribution < 1.29 is 14.7 Å². The van der Waals surface area contributed by atoms with Crippen molar-refractivity contribution >= 4 is 11.8 Å². The van der Waals surface area contributed by atoms with Crippen LogP contribution in [0.3, 0.4) is 0 Å². The Morgan fingerprint density at radius 1 is 1.04 bits per heavy atom.